The van der Waals surface area contributed by atoms with E-state index >= 15 is 0 Å². The van der Waals surface area contributed by atoms with Gasteiger partial charge >= 0.3 is 0 Å². The maximum absolute atomic E-state index is 6.76. The van der Waals surface area contributed by atoms with Crippen LogP contribution in [-0.4, -0.2) is 0 Å². The van der Waals surface area contributed by atoms with E-state index in [9.17, 15) is 0 Å². The van der Waals surface area contributed by atoms with E-state index in [1.54, 1.807) is 0 Å². The Morgan fingerprint density at radius 1 is 0.309 bits per heavy atom. The molecule has 2 aromatic heterocycles. The minimum absolute atomic E-state index is 0.867. The second-order valence-electron chi connectivity index (χ2n) is 14.1. The Hall–Kier alpha value is -7.36. The molecule has 3 nitrogen and oxygen atoms in total. The smallest absolute Gasteiger partial charge is 0.143 e. The van der Waals surface area contributed by atoms with Crippen LogP contribution in [-0.2, 0) is 0 Å². The van der Waals surface area contributed by atoms with Gasteiger partial charge in [0.15, 0.2) is 0 Å². The summed E-state index contributed by atoms with van der Waals surface area (Å²) in [6.45, 7) is 0. The van der Waals surface area contributed by atoms with Crippen molar-refractivity contribution in [1.82, 2.24) is 0 Å². The SMILES string of the molecule is c1ccc(-c2cccc(-c3ccc(N(c4ccc5oc6ccccc6c5c4)c4ccccc4-c4cccc5c4oc4cc6ccccc6cc45)cc3)c2)cc1. The van der Waals surface area contributed by atoms with Crippen molar-refractivity contribution in [2.75, 3.05) is 4.90 Å². The standard InChI is InChI=1S/C52H33NO2/c1-2-12-34(13-3-1)36-16-10-17-37(30-36)35-24-26-40(27-25-35)53(41-28-29-50-47(33-41)43-19-7-9-23-49(43)54-50)48-22-8-6-18-42(48)44-20-11-21-45-46-31-38-14-4-5-15-39(38)32-51(46)55-52(44)45/h1-33H. The molecule has 0 radical (unpaired) electrons. The minimum Gasteiger partial charge on any atom is -0.456 e. The van der Waals surface area contributed by atoms with E-state index in [4.69, 9.17) is 8.83 Å². The Labute approximate surface area is 317 Å². The van der Waals surface area contributed by atoms with Crippen LogP contribution >= 0.6 is 0 Å². The number of para-hydroxylation sites is 3. The van der Waals surface area contributed by atoms with E-state index in [-0.39, 0.29) is 0 Å². The quantitative estimate of drug-likeness (QED) is 0.173. The highest BCUT2D eigenvalue weighted by Gasteiger charge is 2.22. The topological polar surface area (TPSA) is 29.5 Å². The van der Waals surface area contributed by atoms with Crippen molar-refractivity contribution in [3.8, 4) is 33.4 Å². The summed E-state index contributed by atoms with van der Waals surface area (Å²) >= 11 is 0. The van der Waals surface area contributed by atoms with Gasteiger partial charge in [-0.2, -0.15) is 0 Å². The van der Waals surface area contributed by atoms with Crippen LogP contribution in [0.3, 0.4) is 0 Å². The molecule has 0 bridgehead atoms. The third kappa shape index (κ3) is 5.28. The third-order valence-corrected chi connectivity index (χ3v) is 10.8. The fourth-order valence-corrected chi connectivity index (χ4v) is 8.18. The molecule has 0 aliphatic rings. The van der Waals surface area contributed by atoms with Gasteiger partial charge in [-0.3, -0.25) is 0 Å². The zero-order valence-corrected chi connectivity index (χ0v) is 29.8. The average molecular weight is 704 g/mol. The van der Waals surface area contributed by atoms with Crippen molar-refractivity contribution in [2.24, 2.45) is 0 Å². The van der Waals surface area contributed by atoms with Crippen LogP contribution in [0.15, 0.2) is 209 Å². The van der Waals surface area contributed by atoms with Crippen LogP contribution in [0.2, 0.25) is 0 Å². The van der Waals surface area contributed by atoms with Gasteiger partial charge in [-0.15, -0.1) is 0 Å². The highest BCUT2D eigenvalue weighted by Crippen LogP contribution is 2.46. The maximum Gasteiger partial charge on any atom is 0.143 e. The molecule has 258 valence electrons. The maximum atomic E-state index is 6.76. The molecule has 55 heavy (non-hydrogen) atoms. The molecule has 0 amide bonds. The minimum atomic E-state index is 0.867. The molecular formula is C52H33NO2. The van der Waals surface area contributed by atoms with Crippen LogP contribution < -0.4 is 4.90 Å². The van der Waals surface area contributed by atoms with Crippen LogP contribution in [0, 0.1) is 0 Å². The van der Waals surface area contributed by atoms with Gasteiger partial charge < -0.3 is 13.7 Å². The molecule has 0 fully saturated rings. The van der Waals surface area contributed by atoms with Crippen molar-refractivity contribution in [3.63, 3.8) is 0 Å². The Morgan fingerprint density at radius 2 is 0.909 bits per heavy atom. The van der Waals surface area contributed by atoms with Gasteiger partial charge in [0, 0.05) is 44.0 Å². The lowest BCUT2D eigenvalue weighted by Crippen LogP contribution is -2.11. The summed E-state index contributed by atoms with van der Waals surface area (Å²) in [6.07, 6.45) is 0. The van der Waals surface area contributed by atoms with Gasteiger partial charge in [0.1, 0.15) is 22.3 Å². The first-order valence-corrected chi connectivity index (χ1v) is 18.7. The zero-order chi connectivity index (χ0) is 36.3. The number of anilines is 3. The lowest BCUT2D eigenvalue weighted by atomic mass is 9.97. The molecule has 0 aliphatic heterocycles. The number of hydrogen-bond donors (Lipinski definition) is 0. The molecule has 11 aromatic rings. The summed E-state index contributed by atoms with van der Waals surface area (Å²) in [4.78, 5) is 2.36. The molecule has 0 spiro atoms. The number of hydrogen-bond acceptors (Lipinski definition) is 3. The third-order valence-electron chi connectivity index (χ3n) is 10.8. The van der Waals surface area contributed by atoms with E-state index in [1.165, 1.54) is 27.5 Å². The van der Waals surface area contributed by atoms with E-state index in [0.717, 1.165) is 77.6 Å². The van der Waals surface area contributed by atoms with Gasteiger partial charge in [0.05, 0.1) is 5.69 Å². The second kappa shape index (κ2) is 12.6. The van der Waals surface area contributed by atoms with Gasteiger partial charge in [-0.05, 0) is 93.7 Å². The first kappa shape index (κ1) is 31.2. The second-order valence-corrected chi connectivity index (χ2v) is 14.1. The highest BCUT2D eigenvalue weighted by atomic mass is 16.3. The molecule has 0 aliphatic carbocycles. The summed E-state index contributed by atoms with van der Waals surface area (Å²) in [5.41, 5.74) is 13.5. The van der Waals surface area contributed by atoms with Gasteiger partial charge in [-0.25, -0.2) is 0 Å². The Kier molecular flexibility index (Phi) is 7.17. The number of benzene rings is 9. The van der Waals surface area contributed by atoms with Gasteiger partial charge in [0.2, 0.25) is 0 Å². The summed E-state index contributed by atoms with van der Waals surface area (Å²) in [5, 5.41) is 6.77. The Bertz CT molecular complexity index is 3210. The summed E-state index contributed by atoms with van der Waals surface area (Å²) < 4.78 is 13.0. The highest BCUT2D eigenvalue weighted by molar-refractivity contribution is 6.14. The van der Waals surface area contributed by atoms with E-state index in [2.05, 4.69) is 193 Å². The van der Waals surface area contributed by atoms with Crippen molar-refractivity contribution >= 4 is 71.7 Å². The van der Waals surface area contributed by atoms with Gasteiger partial charge in [-0.1, -0.05) is 140 Å². The predicted molar refractivity (Wildman–Crippen MR) is 229 cm³/mol. The molecule has 9 aromatic carbocycles. The largest absolute Gasteiger partial charge is 0.456 e. The Balaban J connectivity index is 1.09. The number of rotatable bonds is 6. The van der Waals surface area contributed by atoms with Crippen LogP contribution in [0.25, 0.3) is 88.0 Å². The molecule has 0 N–H and O–H groups in total. The average Bonchev–Trinajstić information content (AvgIpc) is 3.81. The first-order valence-electron chi connectivity index (χ1n) is 18.7. The predicted octanol–water partition coefficient (Wildman–Crippen LogP) is 15.1. The normalized spacial score (nSPS) is 11.6. The number of fused-ring (bicyclic) bond motifs is 7. The monoisotopic (exact) mass is 703 g/mol. The summed E-state index contributed by atoms with van der Waals surface area (Å²) in [5.74, 6) is 0. The van der Waals surface area contributed by atoms with Crippen molar-refractivity contribution in [3.05, 3.63) is 200 Å². The fourth-order valence-electron chi connectivity index (χ4n) is 8.18. The Morgan fingerprint density at radius 3 is 1.76 bits per heavy atom. The van der Waals surface area contributed by atoms with Crippen molar-refractivity contribution < 1.29 is 8.83 Å². The molecule has 0 saturated heterocycles. The number of furan rings is 2. The van der Waals surface area contributed by atoms with E-state index in [0.29, 0.717) is 0 Å². The van der Waals surface area contributed by atoms with Crippen molar-refractivity contribution in [1.29, 1.82) is 0 Å². The van der Waals surface area contributed by atoms with Crippen molar-refractivity contribution in [2.45, 2.75) is 0 Å². The van der Waals surface area contributed by atoms with Crippen LogP contribution in [0.4, 0.5) is 17.1 Å². The molecule has 3 heteroatoms. The zero-order valence-electron chi connectivity index (χ0n) is 29.8. The van der Waals surface area contributed by atoms with Crippen LogP contribution in [0.1, 0.15) is 0 Å². The molecular weight excluding hydrogens is 671 g/mol. The summed E-state index contributed by atoms with van der Waals surface area (Å²) in [7, 11) is 0. The first-order chi connectivity index (χ1) is 27.2. The molecule has 11 rings (SSSR count). The molecule has 0 unspecified atom stereocenters. The number of nitrogens with zero attached hydrogens (tertiary/aromatic N) is 1. The summed E-state index contributed by atoms with van der Waals surface area (Å²) in [6, 6.07) is 71.0. The van der Waals surface area contributed by atoms with Crippen LogP contribution in [0.5, 0.6) is 0 Å². The fraction of sp³-hybridized carbons (Fsp3) is 0. The lowest BCUT2D eigenvalue weighted by molar-refractivity contribution is 0.669. The lowest BCUT2D eigenvalue weighted by Gasteiger charge is -2.28. The molecule has 2 heterocycles. The molecule has 0 saturated carbocycles. The molecule has 0 atom stereocenters. The van der Waals surface area contributed by atoms with E-state index in [1.807, 2.05) is 12.1 Å². The van der Waals surface area contributed by atoms with Gasteiger partial charge in [0.25, 0.3) is 0 Å². The van der Waals surface area contributed by atoms with E-state index < -0.39 is 0 Å².